The van der Waals surface area contributed by atoms with Crippen molar-refractivity contribution in [1.82, 2.24) is 4.90 Å². The highest BCUT2D eigenvalue weighted by atomic mass is 15.3. The summed E-state index contributed by atoms with van der Waals surface area (Å²) >= 11 is 0. The van der Waals surface area contributed by atoms with Crippen molar-refractivity contribution in [3.8, 4) is 0 Å². The maximum Gasteiger partial charge on any atom is 0.0603 e. The maximum atomic E-state index is 6.09. The number of anilines is 2. The summed E-state index contributed by atoms with van der Waals surface area (Å²) in [6.07, 6.45) is 0. The molecule has 1 aromatic rings. The van der Waals surface area contributed by atoms with Crippen LogP contribution in [0.1, 0.15) is 19.4 Å². The Balaban J connectivity index is 2.25. The normalized spacial score (nSPS) is 26.2. The molecule has 0 aliphatic carbocycles. The van der Waals surface area contributed by atoms with E-state index in [-0.39, 0.29) is 0 Å². The molecule has 2 rings (SSSR count). The van der Waals surface area contributed by atoms with E-state index in [0.29, 0.717) is 12.1 Å². The number of nitrogen functional groups attached to an aromatic ring is 1. The van der Waals surface area contributed by atoms with Gasteiger partial charge in [0.25, 0.3) is 0 Å². The topological polar surface area (TPSA) is 32.5 Å². The van der Waals surface area contributed by atoms with E-state index in [4.69, 9.17) is 5.73 Å². The van der Waals surface area contributed by atoms with Crippen LogP contribution in [0.4, 0.5) is 11.4 Å². The second-order valence-electron chi connectivity index (χ2n) is 5.33. The largest absolute Gasteiger partial charge is 0.397 e. The molecule has 1 fully saturated rings. The Hall–Kier alpha value is -1.22. The third-order valence-electron chi connectivity index (χ3n) is 3.89. The minimum atomic E-state index is 0.568. The van der Waals surface area contributed by atoms with Crippen molar-refractivity contribution in [2.75, 3.05) is 30.8 Å². The van der Waals surface area contributed by atoms with E-state index in [1.54, 1.807) is 0 Å². The molecule has 0 bridgehead atoms. The first kappa shape index (κ1) is 12.2. The summed E-state index contributed by atoms with van der Waals surface area (Å²) in [7, 11) is 2.20. The third-order valence-corrected chi connectivity index (χ3v) is 3.89. The second kappa shape index (κ2) is 4.57. The highest BCUT2D eigenvalue weighted by molar-refractivity contribution is 5.68. The zero-order chi connectivity index (χ0) is 12.6. The number of nitrogens with zero attached hydrogens (tertiary/aromatic N) is 2. The smallest absolute Gasteiger partial charge is 0.0603 e. The molecule has 0 aromatic heterocycles. The van der Waals surface area contributed by atoms with Crippen LogP contribution >= 0.6 is 0 Å². The average molecular weight is 233 g/mol. The van der Waals surface area contributed by atoms with Gasteiger partial charge >= 0.3 is 0 Å². The highest BCUT2D eigenvalue weighted by Gasteiger charge is 2.27. The van der Waals surface area contributed by atoms with Crippen LogP contribution in [0.3, 0.4) is 0 Å². The molecule has 2 unspecified atom stereocenters. The van der Waals surface area contributed by atoms with Crippen LogP contribution in [0.15, 0.2) is 18.2 Å². The third kappa shape index (κ3) is 2.39. The SMILES string of the molecule is Cc1ccc(N)c(N2CC(C)N(C)C(C)C2)c1. The Bertz CT molecular complexity index is 390. The number of rotatable bonds is 1. The molecule has 3 heteroatoms. The van der Waals surface area contributed by atoms with Gasteiger partial charge in [0.2, 0.25) is 0 Å². The zero-order valence-electron chi connectivity index (χ0n) is 11.3. The number of hydrogen-bond acceptors (Lipinski definition) is 3. The molecule has 1 saturated heterocycles. The minimum Gasteiger partial charge on any atom is -0.397 e. The van der Waals surface area contributed by atoms with Gasteiger partial charge in [0.05, 0.1) is 11.4 Å². The fourth-order valence-electron chi connectivity index (χ4n) is 2.53. The summed E-state index contributed by atoms with van der Waals surface area (Å²) in [5.41, 5.74) is 9.44. The van der Waals surface area contributed by atoms with Crippen molar-refractivity contribution in [1.29, 1.82) is 0 Å². The number of hydrogen-bond donors (Lipinski definition) is 1. The maximum absolute atomic E-state index is 6.09. The predicted octanol–water partition coefficient (Wildman–Crippen LogP) is 2.11. The van der Waals surface area contributed by atoms with E-state index in [9.17, 15) is 0 Å². The number of likely N-dealkylation sites (N-methyl/N-ethyl adjacent to an activating group) is 1. The Morgan fingerprint density at radius 3 is 2.35 bits per heavy atom. The van der Waals surface area contributed by atoms with E-state index in [1.807, 2.05) is 6.07 Å². The highest BCUT2D eigenvalue weighted by Crippen LogP contribution is 2.27. The summed E-state index contributed by atoms with van der Waals surface area (Å²) < 4.78 is 0. The van der Waals surface area contributed by atoms with E-state index >= 15 is 0 Å². The lowest BCUT2D eigenvalue weighted by Crippen LogP contribution is -2.55. The molecule has 2 atom stereocenters. The van der Waals surface area contributed by atoms with Gasteiger partial charge in [0.1, 0.15) is 0 Å². The van der Waals surface area contributed by atoms with Gasteiger partial charge in [-0.05, 0) is 45.5 Å². The molecule has 1 heterocycles. The van der Waals surface area contributed by atoms with Crippen LogP contribution in [0.25, 0.3) is 0 Å². The summed E-state index contributed by atoms with van der Waals surface area (Å²) in [4.78, 5) is 4.85. The molecular formula is C14H23N3. The molecule has 1 aliphatic rings. The first-order valence-electron chi connectivity index (χ1n) is 6.32. The van der Waals surface area contributed by atoms with Crippen LogP contribution in [0, 0.1) is 6.92 Å². The van der Waals surface area contributed by atoms with Gasteiger partial charge in [-0.15, -0.1) is 0 Å². The molecule has 1 aromatic carbocycles. The second-order valence-corrected chi connectivity index (χ2v) is 5.33. The van der Waals surface area contributed by atoms with Gasteiger partial charge in [0.15, 0.2) is 0 Å². The van der Waals surface area contributed by atoms with Crippen molar-refractivity contribution >= 4 is 11.4 Å². The van der Waals surface area contributed by atoms with E-state index in [0.717, 1.165) is 18.8 Å². The Labute approximate surface area is 104 Å². The molecule has 0 amide bonds. The zero-order valence-corrected chi connectivity index (χ0v) is 11.3. The Morgan fingerprint density at radius 2 is 1.76 bits per heavy atom. The summed E-state index contributed by atoms with van der Waals surface area (Å²) in [6, 6.07) is 7.41. The molecule has 0 radical (unpaired) electrons. The van der Waals surface area contributed by atoms with Gasteiger partial charge in [-0.2, -0.15) is 0 Å². The molecule has 94 valence electrons. The lowest BCUT2D eigenvalue weighted by Gasteiger charge is -2.43. The van der Waals surface area contributed by atoms with Crippen molar-refractivity contribution in [3.05, 3.63) is 23.8 Å². The summed E-state index contributed by atoms with van der Waals surface area (Å²) in [5.74, 6) is 0. The van der Waals surface area contributed by atoms with Gasteiger partial charge < -0.3 is 10.6 Å². The molecule has 2 N–H and O–H groups in total. The summed E-state index contributed by atoms with van der Waals surface area (Å²) in [6.45, 7) is 8.76. The fraction of sp³-hybridized carbons (Fsp3) is 0.571. The number of aryl methyl sites for hydroxylation is 1. The Kier molecular flexibility index (Phi) is 3.29. The quantitative estimate of drug-likeness (QED) is 0.754. The van der Waals surface area contributed by atoms with Gasteiger partial charge in [0, 0.05) is 25.2 Å². The van der Waals surface area contributed by atoms with E-state index in [2.05, 4.69) is 49.8 Å². The van der Waals surface area contributed by atoms with Crippen molar-refractivity contribution in [2.45, 2.75) is 32.9 Å². The number of piperazine rings is 1. The molecule has 0 spiro atoms. The molecule has 1 aliphatic heterocycles. The molecule has 3 nitrogen and oxygen atoms in total. The molecule has 0 saturated carbocycles. The van der Waals surface area contributed by atoms with Crippen LogP contribution in [0.5, 0.6) is 0 Å². The van der Waals surface area contributed by atoms with Crippen molar-refractivity contribution in [3.63, 3.8) is 0 Å². The Morgan fingerprint density at radius 1 is 1.18 bits per heavy atom. The van der Waals surface area contributed by atoms with Gasteiger partial charge in [-0.3, -0.25) is 4.90 Å². The van der Waals surface area contributed by atoms with E-state index < -0.39 is 0 Å². The van der Waals surface area contributed by atoms with Gasteiger partial charge in [-0.1, -0.05) is 6.07 Å². The standard InChI is InChI=1S/C14H23N3/c1-10-5-6-13(15)14(7-10)17-8-11(2)16(4)12(3)9-17/h5-7,11-12H,8-9,15H2,1-4H3. The van der Waals surface area contributed by atoms with Crippen molar-refractivity contribution in [2.24, 2.45) is 0 Å². The number of benzene rings is 1. The summed E-state index contributed by atoms with van der Waals surface area (Å²) in [5, 5.41) is 0. The van der Waals surface area contributed by atoms with Crippen molar-refractivity contribution < 1.29 is 0 Å². The average Bonchev–Trinajstić information content (AvgIpc) is 2.28. The van der Waals surface area contributed by atoms with E-state index in [1.165, 1.54) is 11.3 Å². The van der Waals surface area contributed by atoms with Crippen LogP contribution in [0.2, 0.25) is 0 Å². The molecule has 17 heavy (non-hydrogen) atoms. The fourth-order valence-corrected chi connectivity index (χ4v) is 2.53. The van der Waals surface area contributed by atoms with Gasteiger partial charge in [-0.25, -0.2) is 0 Å². The number of nitrogens with two attached hydrogens (primary N) is 1. The first-order chi connectivity index (χ1) is 7.99. The van der Waals surface area contributed by atoms with Crippen LogP contribution in [-0.4, -0.2) is 37.1 Å². The van der Waals surface area contributed by atoms with Crippen LogP contribution < -0.4 is 10.6 Å². The van der Waals surface area contributed by atoms with Crippen LogP contribution in [-0.2, 0) is 0 Å². The minimum absolute atomic E-state index is 0.568. The lowest BCUT2D eigenvalue weighted by molar-refractivity contribution is 0.170. The predicted molar refractivity (Wildman–Crippen MR) is 74.5 cm³/mol. The monoisotopic (exact) mass is 233 g/mol. The molecular weight excluding hydrogens is 210 g/mol. The first-order valence-corrected chi connectivity index (χ1v) is 6.32. The lowest BCUT2D eigenvalue weighted by atomic mass is 10.1.